The molecule has 1 aromatic carbocycles. The van der Waals surface area contributed by atoms with Crippen LogP contribution in [-0.4, -0.2) is 36.4 Å². The number of aliphatic hydroxyl groups excluding tert-OH is 1. The minimum Gasteiger partial charge on any atom is -0.394 e. The lowest BCUT2D eigenvalue weighted by Gasteiger charge is -2.07. The van der Waals surface area contributed by atoms with E-state index in [1.54, 1.807) is 12.1 Å². The predicted molar refractivity (Wildman–Crippen MR) is 68.8 cm³/mol. The second-order valence-corrected chi connectivity index (χ2v) is 3.89. The van der Waals surface area contributed by atoms with Gasteiger partial charge in [-0.15, -0.1) is 0 Å². The Morgan fingerprint density at radius 3 is 2.89 bits per heavy atom. The average Bonchev–Trinajstić information content (AvgIpc) is 2.35. The van der Waals surface area contributed by atoms with Crippen molar-refractivity contribution >= 4 is 11.4 Å². The van der Waals surface area contributed by atoms with E-state index in [9.17, 15) is 10.1 Å². The van der Waals surface area contributed by atoms with Crippen LogP contribution in [-0.2, 0) is 4.74 Å². The van der Waals surface area contributed by atoms with Crippen LogP contribution in [0.25, 0.3) is 0 Å². The van der Waals surface area contributed by atoms with E-state index < -0.39 is 4.92 Å². The minimum atomic E-state index is -0.391. The van der Waals surface area contributed by atoms with Crippen LogP contribution in [0.5, 0.6) is 0 Å². The third kappa shape index (κ3) is 4.68. The van der Waals surface area contributed by atoms with E-state index in [1.807, 2.05) is 13.0 Å². The summed E-state index contributed by atoms with van der Waals surface area (Å²) in [4.78, 5) is 10.5. The van der Waals surface area contributed by atoms with E-state index in [0.717, 1.165) is 12.0 Å². The predicted octanol–water partition coefficient (Wildman–Crippen LogP) is 1.71. The Labute approximate surface area is 106 Å². The van der Waals surface area contributed by atoms with Gasteiger partial charge in [-0.05, 0) is 25.0 Å². The van der Waals surface area contributed by atoms with Gasteiger partial charge in [-0.25, -0.2) is 0 Å². The molecule has 0 saturated carbocycles. The van der Waals surface area contributed by atoms with Crippen molar-refractivity contribution in [2.45, 2.75) is 13.3 Å². The molecule has 6 heteroatoms. The van der Waals surface area contributed by atoms with Crippen molar-refractivity contribution in [3.63, 3.8) is 0 Å². The zero-order chi connectivity index (χ0) is 13.4. The molecule has 0 aliphatic rings. The number of anilines is 1. The van der Waals surface area contributed by atoms with Crippen molar-refractivity contribution in [2.24, 2.45) is 0 Å². The molecule has 0 fully saturated rings. The number of aryl methyl sites for hydroxylation is 1. The van der Waals surface area contributed by atoms with Crippen LogP contribution in [0.3, 0.4) is 0 Å². The zero-order valence-corrected chi connectivity index (χ0v) is 10.4. The van der Waals surface area contributed by atoms with Gasteiger partial charge in [0.1, 0.15) is 5.69 Å². The van der Waals surface area contributed by atoms with Gasteiger partial charge in [-0.1, -0.05) is 6.07 Å². The highest BCUT2D eigenvalue weighted by atomic mass is 16.6. The third-order valence-electron chi connectivity index (χ3n) is 2.37. The zero-order valence-electron chi connectivity index (χ0n) is 10.4. The largest absolute Gasteiger partial charge is 0.394 e. The summed E-state index contributed by atoms with van der Waals surface area (Å²) in [5.41, 5.74) is 1.47. The summed E-state index contributed by atoms with van der Waals surface area (Å²) in [5.74, 6) is 0. The van der Waals surface area contributed by atoms with Gasteiger partial charge in [-0.2, -0.15) is 0 Å². The molecule has 0 radical (unpaired) electrons. The van der Waals surface area contributed by atoms with Gasteiger partial charge in [0.05, 0.1) is 18.1 Å². The Kier molecular flexibility index (Phi) is 6.10. The smallest absolute Gasteiger partial charge is 0.292 e. The van der Waals surface area contributed by atoms with Gasteiger partial charge in [-0.3, -0.25) is 10.1 Å². The van der Waals surface area contributed by atoms with E-state index >= 15 is 0 Å². The maximum absolute atomic E-state index is 10.9. The molecule has 0 aliphatic carbocycles. The molecule has 0 amide bonds. The monoisotopic (exact) mass is 254 g/mol. The lowest BCUT2D eigenvalue weighted by atomic mass is 10.2. The number of rotatable bonds is 8. The minimum absolute atomic E-state index is 0.0108. The molecule has 6 nitrogen and oxygen atoms in total. The Bertz CT molecular complexity index is 396. The third-order valence-corrected chi connectivity index (χ3v) is 2.37. The fourth-order valence-electron chi connectivity index (χ4n) is 1.51. The summed E-state index contributed by atoms with van der Waals surface area (Å²) in [6.07, 6.45) is 0.727. The number of ether oxygens (including phenoxy) is 1. The molecular formula is C12H18N2O4. The van der Waals surface area contributed by atoms with E-state index in [0.29, 0.717) is 25.4 Å². The first kappa shape index (κ1) is 14.4. The number of nitro benzene ring substituents is 1. The van der Waals surface area contributed by atoms with E-state index in [4.69, 9.17) is 9.84 Å². The van der Waals surface area contributed by atoms with E-state index in [-0.39, 0.29) is 12.3 Å². The first-order valence-corrected chi connectivity index (χ1v) is 5.82. The number of hydrogen-bond donors (Lipinski definition) is 2. The van der Waals surface area contributed by atoms with Crippen LogP contribution in [0.15, 0.2) is 18.2 Å². The topological polar surface area (TPSA) is 84.6 Å². The second-order valence-electron chi connectivity index (χ2n) is 3.89. The quantitative estimate of drug-likeness (QED) is 0.419. The van der Waals surface area contributed by atoms with Gasteiger partial charge in [0.25, 0.3) is 5.69 Å². The molecule has 0 aliphatic heterocycles. The van der Waals surface area contributed by atoms with Crippen LogP contribution in [0.2, 0.25) is 0 Å². The fraction of sp³-hybridized carbons (Fsp3) is 0.500. The summed E-state index contributed by atoms with van der Waals surface area (Å²) in [6, 6.07) is 5.09. The normalized spacial score (nSPS) is 10.3. The SMILES string of the molecule is Cc1ccc(NCCCOCCO)c([N+](=O)[O-])c1. The van der Waals surface area contributed by atoms with Crippen LogP contribution in [0.4, 0.5) is 11.4 Å². The van der Waals surface area contributed by atoms with Gasteiger partial charge in [0.15, 0.2) is 0 Å². The van der Waals surface area contributed by atoms with Crippen LogP contribution < -0.4 is 5.32 Å². The average molecular weight is 254 g/mol. The molecule has 0 aromatic heterocycles. The van der Waals surface area contributed by atoms with Crippen molar-refractivity contribution in [2.75, 3.05) is 31.7 Å². The first-order chi connectivity index (χ1) is 8.65. The molecule has 0 bridgehead atoms. The number of nitrogens with zero attached hydrogens (tertiary/aromatic N) is 1. The van der Waals surface area contributed by atoms with E-state index in [2.05, 4.69) is 5.32 Å². The summed E-state index contributed by atoms with van der Waals surface area (Å²) in [7, 11) is 0. The number of hydrogen-bond acceptors (Lipinski definition) is 5. The molecule has 100 valence electrons. The van der Waals surface area contributed by atoms with Crippen molar-refractivity contribution in [1.82, 2.24) is 0 Å². The second kappa shape index (κ2) is 7.62. The van der Waals surface area contributed by atoms with Gasteiger partial charge in [0, 0.05) is 19.2 Å². The summed E-state index contributed by atoms with van der Waals surface area (Å²) < 4.78 is 5.09. The van der Waals surface area contributed by atoms with Crippen LogP contribution in [0, 0.1) is 17.0 Å². The van der Waals surface area contributed by atoms with Crippen molar-refractivity contribution < 1.29 is 14.8 Å². The molecule has 1 rings (SSSR count). The molecule has 0 atom stereocenters. The Morgan fingerprint density at radius 1 is 1.44 bits per heavy atom. The molecule has 2 N–H and O–H groups in total. The highest BCUT2D eigenvalue weighted by molar-refractivity contribution is 5.62. The van der Waals surface area contributed by atoms with Gasteiger partial charge in [0.2, 0.25) is 0 Å². The highest BCUT2D eigenvalue weighted by Crippen LogP contribution is 2.24. The summed E-state index contributed by atoms with van der Waals surface area (Å²) >= 11 is 0. The lowest BCUT2D eigenvalue weighted by molar-refractivity contribution is -0.384. The number of benzene rings is 1. The first-order valence-electron chi connectivity index (χ1n) is 5.82. The standard InChI is InChI=1S/C12H18N2O4/c1-10-3-4-11(12(9-10)14(16)17)13-5-2-7-18-8-6-15/h3-4,9,13,15H,2,5-8H2,1H3. The van der Waals surface area contributed by atoms with E-state index in [1.165, 1.54) is 0 Å². The number of aliphatic hydroxyl groups is 1. The van der Waals surface area contributed by atoms with Gasteiger partial charge < -0.3 is 15.2 Å². The van der Waals surface area contributed by atoms with Crippen LogP contribution >= 0.6 is 0 Å². The lowest BCUT2D eigenvalue weighted by Crippen LogP contribution is -2.08. The Hall–Kier alpha value is -1.66. The maximum Gasteiger partial charge on any atom is 0.292 e. The summed E-state index contributed by atoms with van der Waals surface area (Å²) in [5, 5.41) is 22.4. The molecule has 1 aromatic rings. The molecule has 0 heterocycles. The van der Waals surface area contributed by atoms with Crippen molar-refractivity contribution in [3.05, 3.63) is 33.9 Å². The molecule has 0 unspecified atom stereocenters. The Balaban J connectivity index is 2.44. The molecule has 0 saturated heterocycles. The molecule has 18 heavy (non-hydrogen) atoms. The van der Waals surface area contributed by atoms with Crippen LogP contribution in [0.1, 0.15) is 12.0 Å². The number of nitrogens with one attached hydrogen (secondary N) is 1. The fourth-order valence-corrected chi connectivity index (χ4v) is 1.51. The van der Waals surface area contributed by atoms with Crippen molar-refractivity contribution in [1.29, 1.82) is 0 Å². The van der Waals surface area contributed by atoms with Crippen molar-refractivity contribution in [3.8, 4) is 0 Å². The Morgan fingerprint density at radius 2 is 2.22 bits per heavy atom. The molecular weight excluding hydrogens is 236 g/mol. The highest BCUT2D eigenvalue weighted by Gasteiger charge is 2.12. The summed E-state index contributed by atoms with van der Waals surface area (Å²) in [6.45, 7) is 3.27. The maximum atomic E-state index is 10.9. The number of nitro groups is 1. The van der Waals surface area contributed by atoms with Gasteiger partial charge >= 0.3 is 0 Å². The molecule has 0 spiro atoms.